The molecular formula is H8GaMgNaSe. The summed E-state index contributed by atoms with van der Waals surface area (Å²) in [6.45, 7) is 0. The fourth-order valence-electron chi connectivity index (χ4n) is 0. The molecule has 0 radical (unpaired) electrons. The van der Waals surface area contributed by atoms with Crippen molar-refractivity contribution in [3.05, 3.63) is 0 Å². The van der Waals surface area contributed by atoms with Gasteiger partial charge in [0.05, 0.1) is 0 Å². The fourth-order valence-corrected chi connectivity index (χ4v) is 0. The molecule has 4 heavy (non-hydrogen) atoms. The molecule has 0 amide bonds. The molecule has 0 aromatic carbocycles. The van der Waals surface area contributed by atoms with Gasteiger partial charge in [0.15, 0.2) is 0 Å². The van der Waals surface area contributed by atoms with Crippen LogP contribution in [0.4, 0.5) is 0 Å². The number of rotatable bonds is 0. The van der Waals surface area contributed by atoms with Crippen molar-refractivity contribution < 1.29 is 0 Å². The molecular weight excluding hydrogens is 196 g/mol. The Morgan fingerprint density at radius 1 is 1.00 bits per heavy atom. The Balaban J connectivity index is 0. The van der Waals surface area contributed by atoms with Crippen LogP contribution in [0.15, 0.2) is 0 Å². The van der Waals surface area contributed by atoms with E-state index in [2.05, 4.69) is 0 Å². The summed E-state index contributed by atoms with van der Waals surface area (Å²) < 4.78 is 0. The van der Waals surface area contributed by atoms with E-state index in [1.165, 1.54) is 0 Å². The van der Waals surface area contributed by atoms with E-state index in [0.29, 0.717) is 0 Å². The molecule has 0 rings (SSSR count). The Hall–Kier alpha value is 2.92. The van der Waals surface area contributed by atoms with Crippen LogP contribution in [-0.4, -0.2) is 89.5 Å². The second-order valence-electron chi connectivity index (χ2n) is 0. The van der Waals surface area contributed by atoms with Crippen molar-refractivity contribution in [2.45, 2.75) is 0 Å². The fraction of sp³-hybridized carbons (Fsp3) is 0. The van der Waals surface area contributed by atoms with Crippen LogP contribution in [0.3, 0.4) is 0 Å². The van der Waals surface area contributed by atoms with Gasteiger partial charge in [0, 0.05) is 0 Å². The molecule has 0 aliphatic heterocycles. The zero-order valence-electron chi connectivity index (χ0n) is 0.500. The van der Waals surface area contributed by atoms with Gasteiger partial charge in [-0.25, -0.2) is 0 Å². The van der Waals surface area contributed by atoms with Crippen LogP contribution in [0.5, 0.6) is 0 Å². The molecule has 0 nitrogen and oxygen atoms in total. The van der Waals surface area contributed by atoms with Gasteiger partial charge in [-0.05, 0) is 0 Å². The summed E-state index contributed by atoms with van der Waals surface area (Å²) in [4.78, 5) is 0. The van der Waals surface area contributed by atoms with Gasteiger partial charge in [0.1, 0.15) is 0 Å². The molecule has 0 spiro atoms. The molecule has 0 unspecified atom stereocenters. The first-order chi connectivity index (χ1) is 0. The van der Waals surface area contributed by atoms with Crippen molar-refractivity contribution in [3.63, 3.8) is 0 Å². The van der Waals surface area contributed by atoms with Crippen molar-refractivity contribution in [1.82, 2.24) is 0 Å². The van der Waals surface area contributed by atoms with Gasteiger partial charge >= 0.3 is 89.5 Å². The Labute approximate surface area is 87.8 Å². The molecule has 0 aliphatic rings. The van der Waals surface area contributed by atoms with E-state index in [4.69, 9.17) is 0 Å². The molecule has 0 heterocycles. The monoisotopic (exact) mass is 204 g/mol. The second-order valence-corrected chi connectivity index (χ2v) is 0. The van der Waals surface area contributed by atoms with E-state index >= 15 is 0 Å². The summed E-state index contributed by atoms with van der Waals surface area (Å²) in [6.07, 6.45) is 0. The minimum atomic E-state index is 0. The predicted octanol–water partition coefficient (Wildman–Crippen LogP) is -3.66. The van der Waals surface area contributed by atoms with Crippen LogP contribution in [0.25, 0.3) is 0 Å². The summed E-state index contributed by atoms with van der Waals surface area (Å²) in [5.74, 6) is 0. The third-order valence-electron chi connectivity index (χ3n) is 0. The first-order valence-corrected chi connectivity index (χ1v) is 0. The maximum absolute atomic E-state index is 0. The third-order valence-corrected chi connectivity index (χ3v) is 0. The van der Waals surface area contributed by atoms with Crippen molar-refractivity contribution in [1.29, 1.82) is 0 Å². The van der Waals surface area contributed by atoms with Crippen molar-refractivity contribution in [2.24, 2.45) is 0 Å². The molecule has 0 atom stereocenters. The summed E-state index contributed by atoms with van der Waals surface area (Å²) in [6, 6.07) is 0. The van der Waals surface area contributed by atoms with Gasteiger partial charge in [-0.1, -0.05) is 0 Å². The van der Waals surface area contributed by atoms with E-state index in [1.54, 1.807) is 0 Å². The van der Waals surface area contributed by atoms with Crippen LogP contribution in [0.1, 0.15) is 0 Å². The van der Waals surface area contributed by atoms with Crippen LogP contribution in [0, 0.1) is 0 Å². The van der Waals surface area contributed by atoms with E-state index in [0.717, 1.165) is 0 Å². The molecule has 0 aliphatic carbocycles. The third kappa shape index (κ3) is 8.87. The topological polar surface area (TPSA) is 0 Å². The van der Waals surface area contributed by atoms with Gasteiger partial charge in [-0.15, -0.1) is 0 Å². The zero-order valence-corrected chi connectivity index (χ0v) is 2.60. The standard InChI is InChI=1S/Ga.Mg.Na.H2Se.6H/h;;;1H2;;;;;;. The Morgan fingerprint density at radius 3 is 1.00 bits per heavy atom. The molecule has 0 saturated heterocycles. The van der Waals surface area contributed by atoms with E-state index in [1.807, 2.05) is 0 Å². The maximum atomic E-state index is 0. The van der Waals surface area contributed by atoms with Crippen molar-refractivity contribution in [3.8, 4) is 0 Å². The minimum absolute atomic E-state index is 0. The Bertz CT molecular complexity index is 8.00. The second kappa shape index (κ2) is 16.8. The van der Waals surface area contributed by atoms with Gasteiger partial charge in [0.2, 0.25) is 0 Å². The normalized spacial score (nSPS) is 0. The first-order valence-electron chi connectivity index (χ1n) is 0. The summed E-state index contributed by atoms with van der Waals surface area (Å²) in [7, 11) is 0. The molecule has 20 valence electrons. The van der Waals surface area contributed by atoms with Gasteiger partial charge in [-0.2, -0.15) is 0 Å². The number of hydrogen-bond acceptors (Lipinski definition) is 0. The summed E-state index contributed by atoms with van der Waals surface area (Å²) in [5.41, 5.74) is 0. The molecule has 0 N–H and O–H groups in total. The van der Waals surface area contributed by atoms with E-state index < -0.39 is 0 Å². The van der Waals surface area contributed by atoms with E-state index in [9.17, 15) is 0 Å². The molecule has 0 aromatic heterocycles. The Kier molecular flexibility index (Phi) is 119. The Morgan fingerprint density at radius 2 is 1.00 bits per heavy atom. The van der Waals surface area contributed by atoms with Crippen LogP contribution in [-0.2, 0) is 0 Å². The molecule has 0 aromatic rings. The van der Waals surface area contributed by atoms with Crippen LogP contribution < -0.4 is 0 Å². The van der Waals surface area contributed by atoms with Gasteiger partial charge < -0.3 is 0 Å². The average Bonchev–Trinajstić information content (AvgIpc) is 0. The van der Waals surface area contributed by atoms with Crippen molar-refractivity contribution >= 4 is 89.5 Å². The van der Waals surface area contributed by atoms with Gasteiger partial charge in [0.25, 0.3) is 0 Å². The zero-order chi connectivity index (χ0) is 0. The SMILES string of the molecule is [GaH3].[MgH2].[NaH].[SeH2]. The molecule has 4 heteroatoms. The summed E-state index contributed by atoms with van der Waals surface area (Å²) >= 11 is 0. The molecule has 0 bridgehead atoms. The first kappa shape index (κ1) is 28.4. The number of hydrogen-bond donors (Lipinski definition) is 0. The van der Waals surface area contributed by atoms with Gasteiger partial charge in [-0.3, -0.25) is 0 Å². The molecule has 0 saturated carbocycles. The van der Waals surface area contributed by atoms with E-state index in [-0.39, 0.29) is 89.5 Å². The summed E-state index contributed by atoms with van der Waals surface area (Å²) in [5, 5.41) is 0. The van der Waals surface area contributed by atoms with Crippen LogP contribution in [0.2, 0.25) is 0 Å². The molecule has 0 fully saturated rings. The van der Waals surface area contributed by atoms with Crippen molar-refractivity contribution in [2.75, 3.05) is 0 Å². The predicted molar refractivity (Wildman–Crippen MR) is 34.2 cm³/mol. The average molecular weight is 204 g/mol. The van der Waals surface area contributed by atoms with Crippen LogP contribution >= 0.6 is 0 Å². The quantitative estimate of drug-likeness (QED) is 0.357.